The van der Waals surface area contributed by atoms with Crippen LogP contribution < -0.4 is 0 Å². The lowest BCUT2D eigenvalue weighted by atomic mass is 10.1. The lowest BCUT2D eigenvalue weighted by Crippen LogP contribution is -2.15. The fraction of sp³-hybridized carbons (Fsp3) is 0.714. The molecule has 0 fully saturated rings. The third-order valence-corrected chi connectivity index (χ3v) is 2.36. The summed E-state index contributed by atoms with van der Waals surface area (Å²) < 4.78 is 9.29. The van der Waals surface area contributed by atoms with Gasteiger partial charge in [0.2, 0.25) is 0 Å². The largest absolute Gasteiger partial charge is 0.436 e. The molecule has 0 aromatic heterocycles. The molecule has 1 unspecified atom stereocenters. The van der Waals surface area contributed by atoms with Gasteiger partial charge in [0.25, 0.3) is 0 Å². The molecular weight excluding hydrogens is 248 g/mol. The number of rotatable bonds is 10. The van der Waals surface area contributed by atoms with Gasteiger partial charge in [-0.05, 0) is 25.8 Å². The van der Waals surface area contributed by atoms with E-state index in [0.717, 1.165) is 12.8 Å². The van der Waals surface area contributed by atoms with Crippen molar-refractivity contribution in [3.63, 3.8) is 0 Å². The van der Waals surface area contributed by atoms with Gasteiger partial charge in [0.1, 0.15) is 0 Å². The molecule has 0 aromatic rings. The van der Waals surface area contributed by atoms with E-state index in [1.807, 2.05) is 6.08 Å². The molecule has 5 heteroatoms. The minimum absolute atomic E-state index is 0.0499. The second kappa shape index (κ2) is 11.7. The van der Waals surface area contributed by atoms with E-state index in [2.05, 4.69) is 11.7 Å². The fourth-order valence-corrected chi connectivity index (χ4v) is 1.39. The van der Waals surface area contributed by atoms with Crippen LogP contribution in [0.4, 0.5) is 0 Å². The molecule has 0 aromatic carbocycles. The second-order valence-electron chi connectivity index (χ2n) is 4.30. The van der Waals surface area contributed by atoms with Gasteiger partial charge >= 0.3 is 11.9 Å². The molecule has 0 bridgehead atoms. The Hall–Kier alpha value is -1.36. The van der Waals surface area contributed by atoms with E-state index in [4.69, 9.17) is 9.84 Å². The standard InChI is InChI=1S/C14H24O5/c1-3-4-5-6-7-8-11-18-13(16)9-10-14(17)19-12(2)15/h8,11-12,15H,3-7,9-10H2,1-2H3. The second-order valence-corrected chi connectivity index (χ2v) is 4.30. The molecule has 0 heterocycles. The van der Waals surface area contributed by atoms with Crippen LogP contribution in [-0.4, -0.2) is 23.3 Å². The number of carbonyl (C=O) groups excluding carboxylic acids is 2. The predicted octanol–water partition coefficient (Wildman–Crippen LogP) is 2.68. The first-order valence-corrected chi connectivity index (χ1v) is 6.78. The number of unbranched alkanes of at least 4 members (excludes halogenated alkanes) is 4. The number of aliphatic hydroxyl groups is 1. The molecule has 0 amide bonds. The highest BCUT2D eigenvalue weighted by Crippen LogP contribution is 2.03. The minimum atomic E-state index is -1.15. The molecule has 5 nitrogen and oxygen atoms in total. The van der Waals surface area contributed by atoms with Gasteiger partial charge in [0, 0.05) is 0 Å². The molecule has 0 radical (unpaired) electrons. The van der Waals surface area contributed by atoms with Crippen molar-refractivity contribution in [1.82, 2.24) is 0 Å². The van der Waals surface area contributed by atoms with Crippen LogP contribution in [0, 0.1) is 0 Å². The Morgan fingerprint density at radius 1 is 1.16 bits per heavy atom. The van der Waals surface area contributed by atoms with Crippen LogP contribution >= 0.6 is 0 Å². The van der Waals surface area contributed by atoms with Crippen LogP contribution in [0.1, 0.15) is 58.8 Å². The van der Waals surface area contributed by atoms with Gasteiger partial charge in [-0.2, -0.15) is 0 Å². The van der Waals surface area contributed by atoms with E-state index in [-0.39, 0.29) is 12.8 Å². The summed E-state index contributed by atoms with van der Waals surface area (Å²) in [7, 11) is 0. The number of allylic oxidation sites excluding steroid dienone is 1. The Labute approximate surface area is 114 Å². The first-order valence-electron chi connectivity index (χ1n) is 6.78. The molecule has 0 aliphatic rings. The molecule has 0 aliphatic carbocycles. The van der Waals surface area contributed by atoms with E-state index in [1.54, 1.807) is 0 Å². The topological polar surface area (TPSA) is 72.8 Å². The molecule has 0 saturated carbocycles. The van der Waals surface area contributed by atoms with Crippen LogP contribution in [0.5, 0.6) is 0 Å². The van der Waals surface area contributed by atoms with Gasteiger partial charge in [0.05, 0.1) is 19.1 Å². The van der Waals surface area contributed by atoms with Crippen LogP contribution in [0.3, 0.4) is 0 Å². The van der Waals surface area contributed by atoms with Crippen LogP contribution in [0.25, 0.3) is 0 Å². The van der Waals surface area contributed by atoms with Gasteiger partial charge in [-0.25, -0.2) is 0 Å². The summed E-state index contributed by atoms with van der Waals surface area (Å²) in [6.45, 7) is 3.48. The van der Waals surface area contributed by atoms with Crippen molar-refractivity contribution >= 4 is 11.9 Å². The quantitative estimate of drug-likeness (QED) is 0.286. The highest BCUT2D eigenvalue weighted by atomic mass is 16.6. The van der Waals surface area contributed by atoms with E-state index < -0.39 is 18.2 Å². The van der Waals surface area contributed by atoms with Gasteiger partial charge in [0.15, 0.2) is 6.29 Å². The van der Waals surface area contributed by atoms with Crippen LogP contribution in [-0.2, 0) is 19.1 Å². The number of carbonyl (C=O) groups is 2. The third-order valence-electron chi connectivity index (χ3n) is 2.36. The van der Waals surface area contributed by atoms with Crippen LogP contribution in [0.15, 0.2) is 12.3 Å². The lowest BCUT2D eigenvalue weighted by molar-refractivity contribution is -0.166. The SMILES string of the molecule is CCCCCCC=COC(=O)CCC(=O)OC(C)O. The van der Waals surface area contributed by atoms with Gasteiger partial charge < -0.3 is 14.6 Å². The number of esters is 2. The Balaban J connectivity index is 3.53. The summed E-state index contributed by atoms with van der Waals surface area (Å²) in [6, 6.07) is 0. The number of ether oxygens (including phenoxy) is 2. The summed E-state index contributed by atoms with van der Waals surface area (Å²) in [5.74, 6) is -1.09. The van der Waals surface area contributed by atoms with Crippen molar-refractivity contribution in [3.8, 4) is 0 Å². The van der Waals surface area contributed by atoms with Gasteiger partial charge in [-0.3, -0.25) is 9.59 Å². The molecule has 110 valence electrons. The number of hydrogen-bond acceptors (Lipinski definition) is 5. The van der Waals surface area contributed by atoms with E-state index in [0.29, 0.717) is 0 Å². The zero-order valence-corrected chi connectivity index (χ0v) is 11.8. The molecule has 19 heavy (non-hydrogen) atoms. The highest BCUT2D eigenvalue weighted by molar-refractivity contribution is 5.77. The Morgan fingerprint density at radius 3 is 2.47 bits per heavy atom. The summed E-state index contributed by atoms with van der Waals surface area (Å²) in [4.78, 5) is 22.3. The Morgan fingerprint density at radius 2 is 1.84 bits per heavy atom. The molecule has 1 atom stereocenters. The highest BCUT2D eigenvalue weighted by Gasteiger charge is 2.10. The summed E-state index contributed by atoms with van der Waals surface area (Å²) >= 11 is 0. The first kappa shape index (κ1) is 17.6. The maximum atomic E-state index is 11.2. The Bertz CT molecular complexity index is 284. The average Bonchev–Trinajstić information content (AvgIpc) is 2.34. The van der Waals surface area contributed by atoms with E-state index in [9.17, 15) is 9.59 Å². The summed E-state index contributed by atoms with van der Waals surface area (Å²) in [5.41, 5.74) is 0. The maximum Gasteiger partial charge on any atom is 0.311 e. The normalized spacial score (nSPS) is 12.4. The van der Waals surface area contributed by atoms with Gasteiger partial charge in [-0.15, -0.1) is 0 Å². The molecule has 1 N–H and O–H groups in total. The van der Waals surface area contributed by atoms with Crippen molar-refractivity contribution in [2.45, 2.75) is 65.1 Å². The summed E-state index contributed by atoms with van der Waals surface area (Å²) in [6.07, 6.45) is 7.46. The fourth-order valence-electron chi connectivity index (χ4n) is 1.39. The lowest BCUT2D eigenvalue weighted by Gasteiger charge is -2.05. The van der Waals surface area contributed by atoms with Crippen molar-refractivity contribution in [2.75, 3.05) is 0 Å². The van der Waals surface area contributed by atoms with Gasteiger partial charge in [-0.1, -0.05) is 26.2 Å². The maximum absolute atomic E-state index is 11.2. The summed E-state index contributed by atoms with van der Waals surface area (Å²) in [5, 5.41) is 8.78. The zero-order valence-electron chi connectivity index (χ0n) is 11.8. The zero-order chi connectivity index (χ0) is 14.5. The molecule has 0 spiro atoms. The van der Waals surface area contributed by atoms with Crippen LogP contribution in [0.2, 0.25) is 0 Å². The van der Waals surface area contributed by atoms with Crippen molar-refractivity contribution in [3.05, 3.63) is 12.3 Å². The number of aliphatic hydroxyl groups excluding tert-OH is 1. The van der Waals surface area contributed by atoms with E-state index >= 15 is 0 Å². The smallest absolute Gasteiger partial charge is 0.311 e. The first-order chi connectivity index (χ1) is 9.06. The average molecular weight is 272 g/mol. The van der Waals surface area contributed by atoms with E-state index in [1.165, 1.54) is 32.4 Å². The van der Waals surface area contributed by atoms with Crippen molar-refractivity contribution < 1.29 is 24.2 Å². The molecule has 0 saturated heterocycles. The predicted molar refractivity (Wildman–Crippen MR) is 71.0 cm³/mol. The minimum Gasteiger partial charge on any atom is -0.436 e. The third kappa shape index (κ3) is 12.9. The van der Waals surface area contributed by atoms with Crippen molar-refractivity contribution in [2.24, 2.45) is 0 Å². The number of hydrogen-bond donors (Lipinski definition) is 1. The Kier molecular flexibility index (Phi) is 10.9. The van der Waals surface area contributed by atoms with Crippen molar-refractivity contribution in [1.29, 1.82) is 0 Å². The monoisotopic (exact) mass is 272 g/mol. The molecule has 0 aliphatic heterocycles. The molecular formula is C14H24O5. The molecule has 0 rings (SSSR count).